The number of ether oxygens (including phenoxy) is 1. The van der Waals surface area contributed by atoms with Crippen LogP contribution in [-0.4, -0.2) is 39.7 Å². The molecule has 0 bridgehead atoms. The predicted octanol–water partition coefficient (Wildman–Crippen LogP) is 5.48. The van der Waals surface area contributed by atoms with Crippen molar-refractivity contribution in [1.82, 2.24) is 15.0 Å². The molecule has 29 heavy (non-hydrogen) atoms. The van der Waals surface area contributed by atoms with Gasteiger partial charge < -0.3 is 9.26 Å². The Hall–Kier alpha value is -1.43. The molecule has 2 rings (SSSR count). The summed E-state index contributed by atoms with van der Waals surface area (Å²) in [5, 5.41) is 4.17. The van der Waals surface area contributed by atoms with Gasteiger partial charge in [-0.1, -0.05) is 63.9 Å². The van der Waals surface area contributed by atoms with Crippen molar-refractivity contribution in [2.24, 2.45) is 5.92 Å². The van der Waals surface area contributed by atoms with E-state index in [1.54, 1.807) is 0 Å². The fourth-order valence-electron chi connectivity index (χ4n) is 4.17. The zero-order valence-corrected chi connectivity index (χ0v) is 19.2. The van der Waals surface area contributed by atoms with Gasteiger partial charge in [0, 0.05) is 5.92 Å². The van der Waals surface area contributed by atoms with Crippen molar-refractivity contribution in [3.05, 3.63) is 11.7 Å². The van der Waals surface area contributed by atoms with Crippen LogP contribution in [0.4, 0.5) is 0 Å². The third-order valence-corrected chi connectivity index (χ3v) is 5.82. The molecule has 1 unspecified atom stereocenters. The first-order valence-corrected chi connectivity index (χ1v) is 11.6. The van der Waals surface area contributed by atoms with Crippen LogP contribution in [0.15, 0.2) is 4.52 Å². The largest absolute Gasteiger partial charge is 0.460 e. The molecular weight excluding hydrogens is 366 g/mol. The highest BCUT2D eigenvalue weighted by Crippen LogP contribution is 2.31. The maximum atomic E-state index is 12.5. The van der Waals surface area contributed by atoms with Gasteiger partial charge in [0.15, 0.2) is 5.82 Å². The summed E-state index contributed by atoms with van der Waals surface area (Å²) in [5.41, 5.74) is -0.480. The highest BCUT2D eigenvalue weighted by Gasteiger charge is 2.26. The minimum atomic E-state index is -0.480. The summed E-state index contributed by atoms with van der Waals surface area (Å²) in [7, 11) is 0. The Balaban J connectivity index is 1.99. The summed E-state index contributed by atoms with van der Waals surface area (Å²) < 4.78 is 11.1. The van der Waals surface area contributed by atoms with Gasteiger partial charge in [0.2, 0.25) is 5.89 Å². The van der Waals surface area contributed by atoms with Crippen molar-refractivity contribution in [3.63, 3.8) is 0 Å². The van der Waals surface area contributed by atoms with Crippen molar-refractivity contribution >= 4 is 5.97 Å². The quantitative estimate of drug-likeness (QED) is 0.453. The van der Waals surface area contributed by atoms with Crippen molar-refractivity contribution in [3.8, 4) is 0 Å². The van der Waals surface area contributed by atoms with Crippen LogP contribution in [0.5, 0.6) is 0 Å². The van der Waals surface area contributed by atoms with E-state index >= 15 is 0 Å². The first kappa shape index (κ1) is 23.8. The van der Waals surface area contributed by atoms with Gasteiger partial charge in [0.05, 0.1) is 13.0 Å². The van der Waals surface area contributed by atoms with E-state index in [2.05, 4.69) is 28.9 Å². The highest BCUT2D eigenvalue weighted by molar-refractivity contribution is 5.70. The molecule has 1 heterocycles. The monoisotopic (exact) mass is 407 g/mol. The lowest BCUT2D eigenvalue weighted by atomic mass is 9.84. The van der Waals surface area contributed by atoms with Crippen molar-refractivity contribution in [2.75, 3.05) is 13.1 Å². The maximum Gasteiger partial charge on any atom is 0.307 e. The second-order valence-electron chi connectivity index (χ2n) is 9.43. The Kier molecular flexibility index (Phi) is 9.60. The smallest absolute Gasteiger partial charge is 0.307 e. The van der Waals surface area contributed by atoms with E-state index in [0.29, 0.717) is 24.7 Å². The summed E-state index contributed by atoms with van der Waals surface area (Å²) in [6.07, 6.45) is 10.3. The molecule has 1 fully saturated rings. The molecule has 1 aromatic rings. The molecule has 0 N–H and O–H groups in total. The number of hydrogen-bond donors (Lipinski definition) is 0. The topological polar surface area (TPSA) is 68.5 Å². The van der Waals surface area contributed by atoms with Gasteiger partial charge in [0.25, 0.3) is 0 Å². The SMILES string of the molecule is CCN(CC)Cc1noc(C(CCCC2CCCCC2)CC(=O)OC(C)(C)C)n1. The van der Waals surface area contributed by atoms with Crippen molar-refractivity contribution < 1.29 is 14.1 Å². The molecule has 1 aliphatic carbocycles. The zero-order chi connectivity index (χ0) is 21.3. The molecule has 0 amide bonds. The molecule has 1 atom stereocenters. The Labute approximate surface area is 176 Å². The number of carbonyl (C=O) groups excluding carboxylic acids is 1. The summed E-state index contributed by atoms with van der Waals surface area (Å²) in [6.45, 7) is 12.5. The van der Waals surface area contributed by atoms with E-state index in [4.69, 9.17) is 9.26 Å². The maximum absolute atomic E-state index is 12.5. The minimum absolute atomic E-state index is 0.0635. The van der Waals surface area contributed by atoms with Gasteiger partial charge in [-0.2, -0.15) is 4.98 Å². The summed E-state index contributed by atoms with van der Waals surface area (Å²) >= 11 is 0. The standard InChI is InChI=1S/C23H41N3O3/c1-6-26(7-2)17-20-24-22(29-25-20)19(16-21(27)28-23(3,4)5)15-11-14-18-12-9-8-10-13-18/h18-19H,6-17H2,1-5H3. The Morgan fingerprint density at radius 3 is 2.52 bits per heavy atom. The second kappa shape index (κ2) is 11.7. The number of carbonyl (C=O) groups is 1. The van der Waals surface area contributed by atoms with Crippen LogP contribution < -0.4 is 0 Å². The van der Waals surface area contributed by atoms with E-state index in [1.807, 2.05) is 20.8 Å². The van der Waals surface area contributed by atoms with Crippen LogP contribution in [0.1, 0.15) is 110 Å². The molecule has 0 spiro atoms. The van der Waals surface area contributed by atoms with Crippen LogP contribution in [0.25, 0.3) is 0 Å². The predicted molar refractivity (Wildman–Crippen MR) is 115 cm³/mol. The molecule has 0 radical (unpaired) electrons. The first-order valence-electron chi connectivity index (χ1n) is 11.6. The highest BCUT2D eigenvalue weighted by atomic mass is 16.6. The third-order valence-electron chi connectivity index (χ3n) is 5.82. The third kappa shape index (κ3) is 8.85. The first-order chi connectivity index (χ1) is 13.8. The lowest BCUT2D eigenvalue weighted by molar-refractivity contribution is -0.155. The summed E-state index contributed by atoms with van der Waals surface area (Å²) in [5.74, 6) is 1.87. The van der Waals surface area contributed by atoms with Gasteiger partial charge in [-0.15, -0.1) is 0 Å². The molecule has 0 aliphatic heterocycles. The van der Waals surface area contributed by atoms with E-state index in [0.717, 1.165) is 31.8 Å². The van der Waals surface area contributed by atoms with Crippen molar-refractivity contribution in [1.29, 1.82) is 0 Å². The van der Waals surface area contributed by atoms with Gasteiger partial charge in [-0.3, -0.25) is 9.69 Å². The number of nitrogens with zero attached hydrogens (tertiary/aromatic N) is 3. The minimum Gasteiger partial charge on any atom is -0.460 e. The van der Waals surface area contributed by atoms with Gasteiger partial charge >= 0.3 is 5.97 Å². The van der Waals surface area contributed by atoms with Crippen LogP contribution in [0, 0.1) is 5.92 Å². The average molecular weight is 408 g/mol. The van der Waals surface area contributed by atoms with Crippen LogP contribution in [-0.2, 0) is 16.1 Å². The number of esters is 1. The molecular formula is C23H41N3O3. The van der Waals surface area contributed by atoms with Crippen LogP contribution >= 0.6 is 0 Å². The lowest BCUT2D eigenvalue weighted by Gasteiger charge is -2.23. The van der Waals surface area contributed by atoms with Gasteiger partial charge in [-0.25, -0.2) is 0 Å². The fourth-order valence-corrected chi connectivity index (χ4v) is 4.17. The number of hydrogen-bond acceptors (Lipinski definition) is 6. The molecule has 1 saturated carbocycles. The molecule has 1 aromatic heterocycles. The normalized spacial score (nSPS) is 16.9. The van der Waals surface area contributed by atoms with Crippen LogP contribution in [0.3, 0.4) is 0 Å². The molecule has 1 aliphatic rings. The van der Waals surface area contributed by atoms with E-state index in [-0.39, 0.29) is 11.9 Å². The fraction of sp³-hybridized carbons (Fsp3) is 0.870. The second-order valence-corrected chi connectivity index (χ2v) is 9.43. The Morgan fingerprint density at radius 1 is 1.21 bits per heavy atom. The van der Waals surface area contributed by atoms with E-state index in [9.17, 15) is 4.79 Å². The zero-order valence-electron chi connectivity index (χ0n) is 19.2. The molecule has 0 aromatic carbocycles. The molecule has 0 saturated heterocycles. The van der Waals surface area contributed by atoms with E-state index in [1.165, 1.54) is 38.5 Å². The Morgan fingerprint density at radius 2 is 1.90 bits per heavy atom. The average Bonchev–Trinajstić information content (AvgIpc) is 3.13. The summed E-state index contributed by atoms with van der Waals surface area (Å²) in [6, 6.07) is 0. The molecule has 166 valence electrons. The number of aromatic nitrogens is 2. The Bertz CT molecular complexity index is 599. The van der Waals surface area contributed by atoms with Gasteiger partial charge in [0.1, 0.15) is 5.60 Å². The lowest BCUT2D eigenvalue weighted by Crippen LogP contribution is -2.25. The van der Waals surface area contributed by atoms with Gasteiger partial charge in [-0.05, 0) is 46.2 Å². The molecule has 6 heteroatoms. The molecule has 6 nitrogen and oxygen atoms in total. The van der Waals surface area contributed by atoms with Crippen LogP contribution in [0.2, 0.25) is 0 Å². The number of rotatable bonds is 11. The summed E-state index contributed by atoms with van der Waals surface area (Å²) in [4.78, 5) is 19.3. The van der Waals surface area contributed by atoms with Crippen molar-refractivity contribution in [2.45, 2.75) is 110 Å². The van der Waals surface area contributed by atoms with E-state index < -0.39 is 5.60 Å².